The Hall–Kier alpha value is -2.90. The maximum absolute atomic E-state index is 13.2. The Kier molecular flexibility index (Phi) is 4.91. The summed E-state index contributed by atoms with van der Waals surface area (Å²) < 4.78 is 52.1. The quantitative estimate of drug-likeness (QED) is 0.631. The lowest BCUT2D eigenvalue weighted by Gasteiger charge is -2.19. The van der Waals surface area contributed by atoms with Gasteiger partial charge in [-0.25, -0.2) is 4.39 Å². The lowest BCUT2D eigenvalue weighted by molar-refractivity contribution is -0.137. The summed E-state index contributed by atoms with van der Waals surface area (Å²) in [5, 5.41) is 5.09. The summed E-state index contributed by atoms with van der Waals surface area (Å²) >= 11 is 0. The number of aryl methyl sites for hydroxylation is 1. The first-order chi connectivity index (χ1) is 12.7. The molecule has 2 aromatic carbocycles. The first kappa shape index (κ1) is 18.9. The van der Waals surface area contributed by atoms with Gasteiger partial charge in [0.2, 0.25) is 11.8 Å². The Morgan fingerprint density at radius 2 is 1.93 bits per heavy atom. The number of rotatable bonds is 3. The van der Waals surface area contributed by atoms with Crippen molar-refractivity contribution < 1.29 is 27.2 Å². The molecule has 1 fully saturated rings. The Morgan fingerprint density at radius 1 is 1.19 bits per heavy atom. The van der Waals surface area contributed by atoms with Crippen LogP contribution in [0.15, 0.2) is 42.5 Å². The second-order valence-electron chi connectivity index (χ2n) is 6.40. The van der Waals surface area contributed by atoms with E-state index in [0.29, 0.717) is 11.3 Å². The second-order valence-corrected chi connectivity index (χ2v) is 6.40. The summed E-state index contributed by atoms with van der Waals surface area (Å²) in [7, 11) is 0. The van der Waals surface area contributed by atoms with Crippen LogP contribution in [0.5, 0.6) is 0 Å². The minimum absolute atomic E-state index is 0.0562. The van der Waals surface area contributed by atoms with E-state index in [2.05, 4.69) is 10.6 Å². The molecule has 2 atom stereocenters. The van der Waals surface area contributed by atoms with E-state index in [1.54, 1.807) is 6.92 Å². The van der Waals surface area contributed by atoms with Crippen LogP contribution in [0.4, 0.5) is 23.2 Å². The molecule has 8 heteroatoms. The highest BCUT2D eigenvalue weighted by molar-refractivity contribution is 6.08. The molecule has 0 bridgehead atoms. The van der Waals surface area contributed by atoms with E-state index in [9.17, 15) is 27.2 Å². The van der Waals surface area contributed by atoms with E-state index in [-0.39, 0.29) is 12.1 Å². The summed E-state index contributed by atoms with van der Waals surface area (Å²) in [5.74, 6) is -3.60. The first-order valence-corrected chi connectivity index (χ1v) is 8.18. The maximum Gasteiger partial charge on any atom is 0.416 e. The highest BCUT2D eigenvalue weighted by atomic mass is 19.4. The maximum atomic E-state index is 13.2. The molecule has 0 spiro atoms. The van der Waals surface area contributed by atoms with Gasteiger partial charge in [-0.2, -0.15) is 13.2 Å². The van der Waals surface area contributed by atoms with Gasteiger partial charge in [0.05, 0.1) is 5.56 Å². The predicted molar refractivity (Wildman–Crippen MR) is 90.5 cm³/mol. The van der Waals surface area contributed by atoms with E-state index in [4.69, 9.17) is 0 Å². The molecule has 2 aromatic rings. The van der Waals surface area contributed by atoms with Crippen LogP contribution in [0.1, 0.15) is 22.6 Å². The Bertz CT molecular complexity index is 896. The smallest absolute Gasteiger partial charge is 0.355 e. The summed E-state index contributed by atoms with van der Waals surface area (Å²) in [4.78, 5) is 24.8. The van der Waals surface area contributed by atoms with Crippen LogP contribution >= 0.6 is 0 Å². The van der Waals surface area contributed by atoms with Crippen LogP contribution in [0.2, 0.25) is 0 Å². The molecule has 0 unspecified atom stereocenters. The van der Waals surface area contributed by atoms with Crippen LogP contribution < -0.4 is 10.6 Å². The van der Waals surface area contributed by atoms with E-state index in [1.165, 1.54) is 30.3 Å². The van der Waals surface area contributed by atoms with Gasteiger partial charge in [-0.15, -0.1) is 0 Å². The number of hydrogen-bond acceptors (Lipinski definition) is 2. The van der Waals surface area contributed by atoms with Gasteiger partial charge in [-0.1, -0.05) is 18.2 Å². The summed E-state index contributed by atoms with van der Waals surface area (Å²) in [5.41, 5.74) is 0.216. The molecular weight excluding hydrogens is 364 g/mol. The fourth-order valence-corrected chi connectivity index (χ4v) is 3.16. The molecule has 2 N–H and O–H groups in total. The lowest BCUT2D eigenvalue weighted by atomic mass is 9.87. The van der Waals surface area contributed by atoms with E-state index >= 15 is 0 Å². The third-order valence-corrected chi connectivity index (χ3v) is 4.55. The number of halogens is 4. The van der Waals surface area contributed by atoms with Gasteiger partial charge in [0.25, 0.3) is 0 Å². The average molecular weight is 380 g/mol. The molecule has 1 saturated heterocycles. The van der Waals surface area contributed by atoms with Gasteiger partial charge in [0.15, 0.2) is 0 Å². The van der Waals surface area contributed by atoms with Crippen LogP contribution in [-0.4, -0.2) is 18.4 Å². The molecule has 1 aliphatic heterocycles. The topological polar surface area (TPSA) is 58.2 Å². The minimum atomic E-state index is -4.52. The van der Waals surface area contributed by atoms with Gasteiger partial charge in [-0.05, 0) is 42.3 Å². The fraction of sp³-hybridized carbons (Fsp3) is 0.263. The largest absolute Gasteiger partial charge is 0.416 e. The highest BCUT2D eigenvalue weighted by Gasteiger charge is 2.42. The average Bonchev–Trinajstić information content (AvgIpc) is 2.98. The number of carbonyl (C=O) groups excluding carboxylic acids is 2. The summed E-state index contributed by atoms with van der Waals surface area (Å²) in [6.07, 6.45) is -4.52. The third kappa shape index (κ3) is 3.94. The number of benzene rings is 2. The van der Waals surface area contributed by atoms with Crippen molar-refractivity contribution in [1.82, 2.24) is 5.32 Å². The second kappa shape index (κ2) is 7.02. The monoisotopic (exact) mass is 380 g/mol. The summed E-state index contributed by atoms with van der Waals surface area (Å²) in [6, 6.07) is 8.37. The number of carbonyl (C=O) groups is 2. The molecule has 4 nitrogen and oxygen atoms in total. The Labute approximate surface area is 152 Å². The molecule has 142 valence electrons. The van der Waals surface area contributed by atoms with Crippen molar-refractivity contribution in [2.24, 2.45) is 5.92 Å². The zero-order chi connectivity index (χ0) is 19.8. The number of anilines is 1. The molecule has 1 heterocycles. The zero-order valence-electron chi connectivity index (χ0n) is 14.2. The molecule has 0 aliphatic carbocycles. The van der Waals surface area contributed by atoms with Crippen molar-refractivity contribution in [3.63, 3.8) is 0 Å². The number of amides is 2. The van der Waals surface area contributed by atoms with Crippen LogP contribution in [0.3, 0.4) is 0 Å². The Morgan fingerprint density at radius 3 is 2.59 bits per heavy atom. The minimum Gasteiger partial charge on any atom is -0.355 e. The number of nitrogens with one attached hydrogen (secondary N) is 2. The molecule has 2 amide bonds. The van der Waals surface area contributed by atoms with E-state index < -0.39 is 41.2 Å². The molecule has 27 heavy (non-hydrogen) atoms. The molecule has 0 radical (unpaired) electrons. The van der Waals surface area contributed by atoms with Crippen molar-refractivity contribution in [2.75, 3.05) is 11.9 Å². The van der Waals surface area contributed by atoms with Gasteiger partial charge >= 0.3 is 6.18 Å². The van der Waals surface area contributed by atoms with E-state index in [1.807, 2.05) is 0 Å². The third-order valence-electron chi connectivity index (χ3n) is 4.55. The molecule has 3 rings (SSSR count). The van der Waals surface area contributed by atoms with Gasteiger partial charge in [-0.3, -0.25) is 9.59 Å². The zero-order valence-corrected chi connectivity index (χ0v) is 14.2. The standard InChI is InChI=1S/C19H16F4N2O2/c1-10-7-13(20)5-6-15(10)25-18(27)16-14(9-24-17(16)26)11-3-2-4-12(8-11)19(21,22)23/h2-8,14,16H,9H2,1H3,(H,24,26)(H,25,27)/t14-,16-/m1/s1. The first-order valence-electron chi connectivity index (χ1n) is 8.18. The molecule has 0 saturated carbocycles. The van der Waals surface area contributed by atoms with Gasteiger partial charge in [0.1, 0.15) is 11.7 Å². The molecular formula is C19H16F4N2O2. The SMILES string of the molecule is Cc1cc(F)ccc1NC(=O)[C@H]1C(=O)NC[C@@H]1c1cccc(C(F)(F)F)c1. The van der Waals surface area contributed by atoms with Crippen LogP contribution in [0, 0.1) is 18.7 Å². The number of alkyl halides is 3. The van der Waals surface area contributed by atoms with Gasteiger partial charge < -0.3 is 10.6 Å². The normalized spacial score (nSPS) is 19.7. The van der Waals surface area contributed by atoms with E-state index in [0.717, 1.165) is 12.1 Å². The fourth-order valence-electron chi connectivity index (χ4n) is 3.16. The lowest BCUT2D eigenvalue weighted by Crippen LogP contribution is -2.32. The van der Waals surface area contributed by atoms with Crippen molar-refractivity contribution in [3.05, 3.63) is 65.0 Å². The molecule has 1 aliphatic rings. The number of hydrogen-bond donors (Lipinski definition) is 2. The van der Waals surface area contributed by atoms with Gasteiger partial charge in [0, 0.05) is 18.2 Å². The van der Waals surface area contributed by atoms with Crippen molar-refractivity contribution in [3.8, 4) is 0 Å². The highest BCUT2D eigenvalue weighted by Crippen LogP contribution is 2.35. The Balaban J connectivity index is 1.87. The van der Waals surface area contributed by atoms with Crippen molar-refractivity contribution in [1.29, 1.82) is 0 Å². The summed E-state index contributed by atoms with van der Waals surface area (Å²) in [6.45, 7) is 1.65. The molecule has 0 aromatic heterocycles. The van der Waals surface area contributed by atoms with Crippen molar-refractivity contribution >= 4 is 17.5 Å². The van der Waals surface area contributed by atoms with Crippen LogP contribution in [0.25, 0.3) is 0 Å². The predicted octanol–water partition coefficient (Wildman–Crippen LogP) is 3.62. The van der Waals surface area contributed by atoms with Crippen molar-refractivity contribution in [2.45, 2.75) is 19.0 Å². The van der Waals surface area contributed by atoms with Crippen LogP contribution in [-0.2, 0) is 15.8 Å².